The van der Waals surface area contributed by atoms with Gasteiger partial charge in [0.1, 0.15) is 0 Å². The Morgan fingerprint density at radius 1 is 1.50 bits per heavy atom. The molecule has 60 valence electrons. The second kappa shape index (κ2) is 2.54. The minimum Gasteiger partial charge on any atom is -0.393 e. The highest BCUT2D eigenvalue weighted by Gasteiger charge is 2.32. The van der Waals surface area contributed by atoms with Crippen LogP contribution in [0.25, 0.3) is 0 Å². The second-order valence-corrected chi connectivity index (χ2v) is 4.41. The maximum absolute atomic E-state index is 9.28. The van der Waals surface area contributed by atoms with Crippen LogP contribution in [0.2, 0.25) is 0 Å². The molecule has 0 aromatic carbocycles. The smallest absolute Gasteiger partial charge is 0.0540 e. The normalized spacial score (nSPS) is 34.2. The molecule has 0 aromatic heterocycles. The van der Waals surface area contributed by atoms with Crippen molar-refractivity contribution in [3.05, 3.63) is 0 Å². The minimum atomic E-state index is -0.0956. The summed E-state index contributed by atoms with van der Waals surface area (Å²) in [6.07, 6.45) is 3.60. The van der Waals surface area contributed by atoms with Crippen LogP contribution in [0.4, 0.5) is 0 Å². The molecule has 1 unspecified atom stereocenters. The van der Waals surface area contributed by atoms with E-state index in [9.17, 15) is 5.11 Å². The summed E-state index contributed by atoms with van der Waals surface area (Å²) in [5, 5.41) is 9.28. The van der Waals surface area contributed by atoms with Gasteiger partial charge in [0.05, 0.1) is 6.10 Å². The first kappa shape index (κ1) is 8.06. The molecule has 1 aliphatic rings. The molecule has 1 nitrogen and oxygen atoms in total. The predicted octanol–water partition coefficient (Wildman–Crippen LogP) is 2.19. The van der Waals surface area contributed by atoms with Crippen LogP contribution in [-0.4, -0.2) is 11.2 Å². The Bertz CT molecular complexity index is 116. The van der Waals surface area contributed by atoms with Gasteiger partial charge < -0.3 is 5.11 Å². The molecule has 1 heteroatoms. The third-order valence-corrected chi connectivity index (χ3v) is 2.69. The zero-order valence-corrected chi connectivity index (χ0v) is 7.22. The Kier molecular flexibility index (Phi) is 2.04. The SMILES string of the molecule is C[C@@H](O)C1CCC(C)(C)C1. The van der Waals surface area contributed by atoms with Crippen molar-refractivity contribution in [2.24, 2.45) is 11.3 Å². The van der Waals surface area contributed by atoms with E-state index in [-0.39, 0.29) is 6.10 Å². The molecule has 1 rings (SSSR count). The molecular weight excluding hydrogens is 124 g/mol. The quantitative estimate of drug-likeness (QED) is 0.595. The van der Waals surface area contributed by atoms with Gasteiger partial charge in [0, 0.05) is 0 Å². The molecule has 0 heterocycles. The van der Waals surface area contributed by atoms with Gasteiger partial charge in [-0.2, -0.15) is 0 Å². The lowest BCUT2D eigenvalue weighted by Crippen LogP contribution is -2.15. The Hall–Kier alpha value is -0.0400. The number of hydrogen-bond acceptors (Lipinski definition) is 1. The topological polar surface area (TPSA) is 20.2 Å². The fourth-order valence-corrected chi connectivity index (χ4v) is 1.90. The van der Waals surface area contributed by atoms with Crippen LogP contribution >= 0.6 is 0 Å². The Labute approximate surface area is 63.4 Å². The molecule has 0 saturated heterocycles. The molecule has 0 aromatic rings. The number of aliphatic hydroxyl groups is 1. The van der Waals surface area contributed by atoms with Gasteiger partial charge in [0.25, 0.3) is 0 Å². The van der Waals surface area contributed by atoms with Crippen molar-refractivity contribution in [3.8, 4) is 0 Å². The molecule has 2 atom stereocenters. The van der Waals surface area contributed by atoms with E-state index >= 15 is 0 Å². The number of hydrogen-bond donors (Lipinski definition) is 1. The molecule has 0 aliphatic heterocycles. The Morgan fingerprint density at radius 2 is 2.10 bits per heavy atom. The Morgan fingerprint density at radius 3 is 2.30 bits per heavy atom. The van der Waals surface area contributed by atoms with Crippen LogP contribution in [0, 0.1) is 11.3 Å². The summed E-state index contributed by atoms with van der Waals surface area (Å²) >= 11 is 0. The van der Waals surface area contributed by atoms with Crippen molar-refractivity contribution in [2.75, 3.05) is 0 Å². The molecule has 1 fully saturated rings. The average Bonchev–Trinajstić information content (AvgIpc) is 2.10. The molecule has 0 radical (unpaired) electrons. The summed E-state index contributed by atoms with van der Waals surface area (Å²) in [6, 6.07) is 0. The van der Waals surface area contributed by atoms with Gasteiger partial charge >= 0.3 is 0 Å². The van der Waals surface area contributed by atoms with Crippen LogP contribution in [-0.2, 0) is 0 Å². The van der Waals surface area contributed by atoms with Crippen molar-refractivity contribution in [1.82, 2.24) is 0 Å². The van der Waals surface area contributed by atoms with Crippen molar-refractivity contribution >= 4 is 0 Å². The summed E-state index contributed by atoms with van der Waals surface area (Å²) in [6.45, 7) is 6.48. The minimum absolute atomic E-state index is 0.0956. The number of rotatable bonds is 1. The molecule has 1 aliphatic carbocycles. The highest BCUT2D eigenvalue weighted by molar-refractivity contribution is 4.84. The largest absolute Gasteiger partial charge is 0.393 e. The van der Waals surface area contributed by atoms with Crippen molar-refractivity contribution in [2.45, 2.75) is 46.1 Å². The summed E-state index contributed by atoms with van der Waals surface area (Å²) in [7, 11) is 0. The van der Waals surface area contributed by atoms with E-state index in [1.807, 2.05) is 6.92 Å². The zero-order valence-electron chi connectivity index (χ0n) is 7.22. The fourth-order valence-electron chi connectivity index (χ4n) is 1.90. The monoisotopic (exact) mass is 142 g/mol. The van der Waals surface area contributed by atoms with Crippen molar-refractivity contribution in [1.29, 1.82) is 0 Å². The maximum Gasteiger partial charge on any atom is 0.0540 e. The molecule has 0 bridgehead atoms. The summed E-state index contributed by atoms with van der Waals surface area (Å²) in [4.78, 5) is 0. The maximum atomic E-state index is 9.28. The molecule has 0 spiro atoms. The van der Waals surface area contributed by atoms with Crippen molar-refractivity contribution in [3.63, 3.8) is 0 Å². The van der Waals surface area contributed by atoms with E-state index in [0.717, 1.165) is 0 Å². The highest BCUT2D eigenvalue weighted by Crippen LogP contribution is 2.42. The summed E-state index contributed by atoms with van der Waals surface area (Å²) < 4.78 is 0. The van der Waals surface area contributed by atoms with E-state index in [1.54, 1.807) is 0 Å². The molecule has 1 N–H and O–H groups in total. The van der Waals surface area contributed by atoms with E-state index in [4.69, 9.17) is 0 Å². The molecule has 10 heavy (non-hydrogen) atoms. The van der Waals surface area contributed by atoms with Crippen LogP contribution in [0.3, 0.4) is 0 Å². The van der Waals surface area contributed by atoms with Gasteiger partial charge in [-0.05, 0) is 37.5 Å². The lowest BCUT2D eigenvalue weighted by atomic mass is 9.89. The molecule has 1 saturated carbocycles. The van der Waals surface area contributed by atoms with E-state index in [2.05, 4.69) is 13.8 Å². The van der Waals surface area contributed by atoms with Gasteiger partial charge in [0.2, 0.25) is 0 Å². The fraction of sp³-hybridized carbons (Fsp3) is 1.00. The van der Waals surface area contributed by atoms with Gasteiger partial charge in [-0.25, -0.2) is 0 Å². The van der Waals surface area contributed by atoms with Gasteiger partial charge in [0.15, 0.2) is 0 Å². The first-order chi connectivity index (χ1) is 4.51. The molecular formula is C9H18O. The lowest BCUT2D eigenvalue weighted by Gasteiger charge is -2.18. The van der Waals surface area contributed by atoms with Gasteiger partial charge in [-0.15, -0.1) is 0 Å². The van der Waals surface area contributed by atoms with Gasteiger partial charge in [-0.3, -0.25) is 0 Å². The van der Waals surface area contributed by atoms with Crippen LogP contribution < -0.4 is 0 Å². The van der Waals surface area contributed by atoms with E-state index < -0.39 is 0 Å². The third kappa shape index (κ3) is 1.72. The second-order valence-electron chi connectivity index (χ2n) is 4.41. The number of aliphatic hydroxyl groups excluding tert-OH is 1. The average molecular weight is 142 g/mol. The zero-order chi connectivity index (χ0) is 7.78. The predicted molar refractivity (Wildman–Crippen MR) is 42.8 cm³/mol. The van der Waals surface area contributed by atoms with E-state index in [1.165, 1.54) is 19.3 Å². The summed E-state index contributed by atoms with van der Waals surface area (Å²) in [5.41, 5.74) is 0.488. The van der Waals surface area contributed by atoms with Gasteiger partial charge in [-0.1, -0.05) is 13.8 Å². The van der Waals surface area contributed by atoms with Crippen LogP contribution in [0.15, 0.2) is 0 Å². The summed E-state index contributed by atoms with van der Waals surface area (Å²) in [5.74, 6) is 0.565. The lowest BCUT2D eigenvalue weighted by molar-refractivity contribution is 0.122. The standard InChI is InChI=1S/C9H18O/c1-7(10)8-4-5-9(2,3)6-8/h7-8,10H,4-6H2,1-3H3/t7-,8?/m1/s1. The Balaban J connectivity index is 2.43. The first-order valence-corrected chi connectivity index (χ1v) is 4.19. The van der Waals surface area contributed by atoms with Crippen LogP contribution in [0.1, 0.15) is 40.0 Å². The van der Waals surface area contributed by atoms with Crippen molar-refractivity contribution < 1.29 is 5.11 Å². The highest BCUT2D eigenvalue weighted by atomic mass is 16.3. The first-order valence-electron chi connectivity index (χ1n) is 4.19. The van der Waals surface area contributed by atoms with Crippen LogP contribution in [0.5, 0.6) is 0 Å². The van der Waals surface area contributed by atoms with E-state index in [0.29, 0.717) is 11.3 Å². The molecule has 0 amide bonds. The third-order valence-electron chi connectivity index (χ3n) is 2.69.